The maximum Gasteiger partial charge on any atom is 0.260 e. The van der Waals surface area contributed by atoms with Crippen molar-refractivity contribution >= 4 is 16.8 Å². The first-order valence-electron chi connectivity index (χ1n) is 9.08. The molecule has 0 saturated carbocycles. The van der Waals surface area contributed by atoms with Crippen molar-refractivity contribution in [3.63, 3.8) is 0 Å². The highest BCUT2D eigenvalue weighted by molar-refractivity contribution is 5.97. The molecule has 0 fully saturated rings. The van der Waals surface area contributed by atoms with E-state index in [0.717, 1.165) is 23.5 Å². The summed E-state index contributed by atoms with van der Waals surface area (Å²) in [5.74, 6) is 1.61. The number of carbonyl (C=O) groups is 1. The van der Waals surface area contributed by atoms with E-state index in [9.17, 15) is 9.59 Å². The maximum absolute atomic E-state index is 12.5. The minimum Gasteiger partial charge on any atom is -0.497 e. The number of amides is 1. The van der Waals surface area contributed by atoms with Crippen LogP contribution in [0.3, 0.4) is 0 Å². The van der Waals surface area contributed by atoms with Gasteiger partial charge in [0, 0.05) is 31.1 Å². The predicted octanol–water partition coefficient (Wildman–Crippen LogP) is 1.92. The van der Waals surface area contributed by atoms with Gasteiger partial charge in [-0.25, -0.2) is 4.98 Å². The van der Waals surface area contributed by atoms with Gasteiger partial charge in [-0.1, -0.05) is 6.07 Å². The first-order chi connectivity index (χ1) is 13.5. The van der Waals surface area contributed by atoms with Crippen LogP contribution in [-0.2, 0) is 13.5 Å². The Bertz CT molecular complexity index is 1110. The van der Waals surface area contributed by atoms with Gasteiger partial charge < -0.3 is 19.4 Å². The molecule has 28 heavy (non-hydrogen) atoms. The molecule has 1 N–H and O–H groups in total. The van der Waals surface area contributed by atoms with Crippen molar-refractivity contribution in [1.29, 1.82) is 0 Å². The monoisotopic (exact) mass is 379 g/mol. The lowest BCUT2D eigenvalue weighted by Gasteiger charge is -2.25. The Morgan fingerprint density at radius 2 is 2.18 bits per heavy atom. The van der Waals surface area contributed by atoms with E-state index in [1.54, 1.807) is 32.4 Å². The molecule has 1 aliphatic heterocycles. The molecule has 7 nitrogen and oxygen atoms in total. The van der Waals surface area contributed by atoms with Crippen molar-refractivity contribution < 1.29 is 14.3 Å². The summed E-state index contributed by atoms with van der Waals surface area (Å²) in [6.45, 7) is 1.04. The van der Waals surface area contributed by atoms with Crippen LogP contribution in [0.1, 0.15) is 15.9 Å². The van der Waals surface area contributed by atoms with Gasteiger partial charge in [0.25, 0.3) is 11.5 Å². The van der Waals surface area contributed by atoms with Crippen LogP contribution in [0.5, 0.6) is 11.5 Å². The molecule has 0 radical (unpaired) electrons. The number of hydrogen-bond acceptors (Lipinski definition) is 5. The zero-order chi connectivity index (χ0) is 19.7. The predicted molar refractivity (Wildman–Crippen MR) is 105 cm³/mol. The van der Waals surface area contributed by atoms with E-state index in [1.165, 1.54) is 10.9 Å². The lowest BCUT2D eigenvalue weighted by Crippen LogP contribution is -2.34. The van der Waals surface area contributed by atoms with Crippen LogP contribution in [-0.4, -0.2) is 35.7 Å². The molecule has 3 aromatic rings. The van der Waals surface area contributed by atoms with Crippen LogP contribution in [0.15, 0.2) is 47.5 Å². The van der Waals surface area contributed by atoms with Crippen LogP contribution in [0.4, 0.5) is 0 Å². The smallest absolute Gasteiger partial charge is 0.260 e. The SMILES string of the molecule is COc1ccc2c(c1)OC[C@@H](CNC(=O)c1ccc3c(=O)n(C)cnc3c1)C2. The molecular formula is C21H21N3O4. The van der Waals surface area contributed by atoms with E-state index in [4.69, 9.17) is 9.47 Å². The number of nitrogens with one attached hydrogen (secondary N) is 1. The number of aryl methyl sites for hydroxylation is 1. The Balaban J connectivity index is 1.42. The number of methoxy groups -OCH3 is 1. The van der Waals surface area contributed by atoms with Crippen molar-refractivity contribution in [3.05, 3.63) is 64.2 Å². The summed E-state index contributed by atoms with van der Waals surface area (Å²) in [5, 5.41) is 3.45. The van der Waals surface area contributed by atoms with Crippen molar-refractivity contribution in [2.45, 2.75) is 6.42 Å². The van der Waals surface area contributed by atoms with Crippen LogP contribution in [0.25, 0.3) is 10.9 Å². The molecule has 1 atom stereocenters. The van der Waals surface area contributed by atoms with Crippen molar-refractivity contribution in [1.82, 2.24) is 14.9 Å². The highest BCUT2D eigenvalue weighted by Gasteiger charge is 2.21. The van der Waals surface area contributed by atoms with Crippen LogP contribution in [0.2, 0.25) is 0 Å². The molecule has 0 unspecified atom stereocenters. The van der Waals surface area contributed by atoms with E-state index < -0.39 is 0 Å². The summed E-state index contributed by atoms with van der Waals surface area (Å²) in [4.78, 5) is 28.8. The molecule has 1 aromatic heterocycles. The number of carbonyl (C=O) groups excluding carboxylic acids is 1. The molecule has 0 bridgehead atoms. The lowest BCUT2D eigenvalue weighted by molar-refractivity contribution is 0.0939. The average Bonchev–Trinajstić information content (AvgIpc) is 2.73. The number of hydrogen-bond donors (Lipinski definition) is 1. The van der Waals surface area contributed by atoms with Gasteiger partial charge in [0.15, 0.2) is 0 Å². The Morgan fingerprint density at radius 1 is 1.32 bits per heavy atom. The van der Waals surface area contributed by atoms with Gasteiger partial charge in [-0.05, 0) is 36.2 Å². The molecule has 0 saturated heterocycles. The van der Waals surface area contributed by atoms with Gasteiger partial charge in [0.2, 0.25) is 0 Å². The topological polar surface area (TPSA) is 82.5 Å². The summed E-state index contributed by atoms with van der Waals surface area (Å²) < 4.78 is 12.5. The normalized spacial score (nSPS) is 15.6. The Morgan fingerprint density at radius 3 is 3.00 bits per heavy atom. The van der Waals surface area contributed by atoms with E-state index >= 15 is 0 Å². The lowest BCUT2D eigenvalue weighted by atomic mass is 9.96. The molecule has 0 aliphatic carbocycles. The van der Waals surface area contributed by atoms with E-state index in [2.05, 4.69) is 10.3 Å². The number of nitrogens with zero attached hydrogens (tertiary/aromatic N) is 2. The molecule has 1 aliphatic rings. The highest BCUT2D eigenvalue weighted by Crippen LogP contribution is 2.30. The zero-order valence-electron chi connectivity index (χ0n) is 15.8. The molecule has 144 valence electrons. The molecular weight excluding hydrogens is 358 g/mol. The summed E-state index contributed by atoms with van der Waals surface area (Å²) in [6.07, 6.45) is 2.28. The zero-order valence-corrected chi connectivity index (χ0v) is 15.8. The maximum atomic E-state index is 12.5. The quantitative estimate of drug-likeness (QED) is 0.749. The van der Waals surface area contributed by atoms with E-state index in [1.807, 2.05) is 18.2 Å². The van der Waals surface area contributed by atoms with Crippen molar-refractivity contribution in [2.75, 3.05) is 20.3 Å². The van der Waals surface area contributed by atoms with Gasteiger partial charge >= 0.3 is 0 Å². The molecule has 1 amide bonds. The fourth-order valence-electron chi connectivity index (χ4n) is 3.36. The Kier molecular flexibility index (Phi) is 4.73. The largest absolute Gasteiger partial charge is 0.497 e. The second kappa shape index (κ2) is 7.34. The molecule has 7 heteroatoms. The van der Waals surface area contributed by atoms with Gasteiger partial charge in [0.05, 0.1) is 30.9 Å². The summed E-state index contributed by atoms with van der Waals surface area (Å²) in [5.41, 5.74) is 1.97. The Labute approximate surface area is 161 Å². The van der Waals surface area contributed by atoms with Gasteiger partial charge in [-0.15, -0.1) is 0 Å². The first-order valence-corrected chi connectivity index (χ1v) is 9.08. The van der Waals surface area contributed by atoms with E-state index in [0.29, 0.717) is 29.6 Å². The van der Waals surface area contributed by atoms with Crippen molar-refractivity contribution in [2.24, 2.45) is 13.0 Å². The first kappa shape index (κ1) is 18.0. The third kappa shape index (κ3) is 3.43. The summed E-state index contributed by atoms with van der Waals surface area (Å²) >= 11 is 0. The van der Waals surface area contributed by atoms with Crippen molar-refractivity contribution in [3.8, 4) is 11.5 Å². The van der Waals surface area contributed by atoms with Gasteiger partial charge in [0.1, 0.15) is 11.5 Å². The number of rotatable bonds is 4. The van der Waals surface area contributed by atoms with Crippen LogP contribution in [0, 0.1) is 5.92 Å². The fourth-order valence-corrected chi connectivity index (χ4v) is 3.36. The van der Waals surface area contributed by atoms with Crippen LogP contribution < -0.4 is 20.3 Å². The third-order valence-electron chi connectivity index (χ3n) is 4.99. The molecule has 0 spiro atoms. The molecule has 4 rings (SSSR count). The number of benzene rings is 2. The van der Waals surface area contributed by atoms with E-state index in [-0.39, 0.29) is 17.4 Å². The Hall–Kier alpha value is -3.35. The highest BCUT2D eigenvalue weighted by atomic mass is 16.5. The fraction of sp³-hybridized carbons (Fsp3) is 0.286. The minimum atomic E-state index is -0.190. The second-order valence-corrected chi connectivity index (χ2v) is 6.96. The summed E-state index contributed by atoms with van der Waals surface area (Å²) in [7, 11) is 3.28. The second-order valence-electron chi connectivity index (χ2n) is 6.96. The molecule has 2 heterocycles. The van der Waals surface area contributed by atoms with Gasteiger partial charge in [-0.2, -0.15) is 0 Å². The molecule has 2 aromatic carbocycles. The minimum absolute atomic E-state index is 0.133. The van der Waals surface area contributed by atoms with Crippen LogP contribution >= 0.6 is 0 Å². The standard InChI is InChI=1S/C21H21N3O4/c1-24-12-23-18-8-15(4-6-17(18)21(24)26)20(25)22-10-13-7-14-3-5-16(27-2)9-19(14)28-11-13/h3-6,8-9,12-13H,7,10-11H2,1-2H3,(H,22,25)/t13-/m1/s1. The third-order valence-corrected chi connectivity index (χ3v) is 4.99. The number of fused-ring (bicyclic) bond motifs is 2. The average molecular weight is 379 g/mol. The number of ether oxygens (including phenoxy) is 2. The summed E-state index contributed by atoms with van der Waals surface area (Å²) in [6, 6.07) is 10.7. The van der Waals surface area contributed by atoms with Gasteiger partial charge in [-0.3, -0.25) is 9.59 Å². The number of aromatic nitrogens is 2.